The average molecular weight is 371 g/mol. The molecule has 2 heterocycles. The van der Waals surface area contributed by atoms with Gasteiger partial charge in [0.25, 0.3) is 5.92 Å². The number of rotatable bonds is 5. The lowest BCUT2D eigenvalue weighted by Gasteiger charge is -2.35. The van der Waals surface area contributed by atoms with Crippen LogP contribution in [0.2, 0.25) is 0 Å². The number of alkyl halides is 2. The van der Waals surface area contributed by atoms with Crippen molar-refractivity contribution in [2.24, 2.45) is 5.92 Å². The Hall–Kier alpha value is -1.91. The van der Waals surface area contributed by atoms with Gasteiger partial charge in [-0.05, 0) is 68.2 Å². The number of hydrogen-bond acceptors (Lipinski definition) is 2. The van der Waals surface area contributed by atoms with Crippen molar-refractivity contribution < 1.29 is 8.78 Å². The van der Waals surface area contributed by atoms with E-state index < -0.39 is 11.8 Å². The molecular weight excluding hydrogens is 344 g/mol. The second-order valence-electron chi connectivity index (χ2n) is 8.73. The maximum absolute atomic E-state index is 13.5. The fraction of sp³-hybridized carbons (Fsp3) is 0.591. The molecule has 2 atom stereocenters. The third-order valence-electron chi connectivity index (χ3n) is 6.79. The molecule has 144 valence electrons. The van der Waals surface area contributed by atoms with Gasteiger partial charge >= 0.3 is 0 Å². The van der Waals surface area contributed by atoms with Crippen molar-refractivity contribution in [2.75, 3.05) is 11.9 Å². The van der Waals surface area contributed by atoms with E-state index in [1.807, 2.05) is 6.20 Å². The Labute approximate surface area is 159 Å². The fourth-order valence-corrected chi connectivity index (χ4v) is 4.55. The van der Waals surface area contributed by atoms with E-state index in [-0.39, 0.29) is 6.42 Å². The highest BCUT2D eigenvalue weighted by Crippen LogP contribution is 2.51. The smallest absolute Gasteiger partial charge is 0.251 e. The van der Waals surface area contributed by atoms with Crippen LogP contribution in [0.5, 0.6) is 0 Å². The van der Waals surface area contributed by atoms with Crippen molar-refractivity contribution in [1.82, 2.24) is 9.78 Å². The van der Waals surface area contributed by atoms with Crippen molar-refractivity contribution in [2.45, 2.75) is 69.9 Å². The van der Waals surface area contributed by atoms with Crippen LogP contribution in [-0.2, 0) is 12.8 Å². The first kappa shape index (κ1) is 17.2. The van der Waals surface area contributed by atoms with Gasteiger partial charge in [0.1, 0.15) is 0 Å². The summed E-state index contributed by atoms with van der Waals surface area (Å²) in [6.07, 6.45) is 10.0. The summed E-state index contributed by atoms with van der Waals surface area (Å²) < 4.78 is 29.0. The van der Waals surface area contributed by atoms with Crippen LogP contribution >= 0.6 is 0 Å². The topological polar surface area (TPSA) is 21.1 Å². The summed E-state index contributed by atoms with van der Waals surface area (Å²) in [4.78, 5) is 2.34. The van der Waals surface area contributed by atoms with Gasteiger partial charge in [0, 0.05) is 42.9 Å². The van der Waals surface area contributed by atoms with Crippen molar-refractivity contribution in [3.05, 3.63) is 35.7 Å². The highest BCUT2D eigenvalue weighted by atomic mass is 19.3. The average Bonchev–Trinajstić information content (AvgIpc) is 3.53. The maximum atomic E-state index is 13.5. The Morgan fingerprint density at radius 2 is 2.00 bits per heavy atom. The minimum absolute atomic E-state index is 0.0634. The third-order valence-corrected chi connectivity index (χ3v) is 6.79. The second kappa shape index (κ2) is 6.05. The molecule has 27 heavy (non-hydrogen) atoms. The van der Waals surface area contributed by atoms with E-state index in [0.29, 0.717) is 18.5 Å². The summed E-state index contributed by atoms with van der Waals surface area (Å²) in [7, 11) is 2.15. The molecule has 0 amide bonds. The van der Waals surface area contributed by atoms with Gasteiger partial charge in [-0.15, -0.1) is 0 Å². The highest BCUT2D eigenvalue weighted by molar-refractivity contribution is 5.74. The molecule has 0 bridgehead atoms. The minimum atomic E-state index is -2.43. The second-order valence-corrected chi connectivity index (χ2v) is 8.73. The first-order chi connectivity index (χ1) is 12.9. The number of hydrogen-bond donors (Lipinski definition) is 0. The Morgan fingerprint density at radius 3 is 2.70 bits per heavy atom. The van der Waals surface area contributed by atoms with Crippen molar-refractivity contribution >= 4 is 5.69 Å². The Kier molecular flexibility index (Phi) is 3.85. The standard InChI is InChI=1S/C22H27F2N3/c1-14-3-7-20-19(8-4-16-11-22(16,23)24)18(9-10-21(20)26(14)2)15-12-25-27(13-15)17-5-6-17/h9-10,12-14,16-17H,3-8,11H2,1-2H3. The molecule has 2 fully saturated rings. The van der Waals surface area contributed by atoms with E-state index in [1.54, 1.807) is 0 Å². The summed E-state index contributed by atoms with van der Waals surface area (Å²) in [5.41, 5.74) is 6.21. The molecule has 0 spiro atoms. The Balaban J connectivity index is 1.52. The molecule has 1 aliphatic heterocycles. The lowest BCUT2D eigenvalue weighted by molar-refractivity contribution is 0.0971. The SMILES string of the molecule is CC1CCc2c(ccc(-c3cnn(C4CC4)c3)c2CCC2CC2(F)F)N1C. The van der Waals surface area contributed by atoms with E-state index in [0.717, 1.165) is 24.8 Å². The number of nitrogens with zero attached hydrogens (tertiary/aromatic N) is 3. The molecule has 2 aromatic rings. The number of fused-ring (bicyclic) bond motifs is 1. The van der Waals surface area contributed by atoms with Crippen LogP contribution in [0.1, 0.15) is 56.2 Å². The molecular formula is C22H27F2N3. The van der Waals surface area contributed by atoms with Crippen LogP contribution in [0.15, 0.2) is 24.5 Å². The molecule has 5 heteroatoms. The zero-order chi connectivity index (χ0) is 18.8. The third kappa shape index (κ3) is 3.05. The number of benzene rings is 1. The predicted molar refractivity (Wildman–Crippen MR) is 103 cm³/mol. The molecule has 2 saturated carbocycles. The van der Waals surface area contributed by atoms with Crippen LogP contribution in [0.4, 0.5) is 14.5 Å². The molecule has 0 N–H and O–H groups in total. The minimum Gasteiger partial charge on any atom is -0.372 e. The van der Waals surface area contributed by atoms with E-state index in [2.05, 4.69) is 47.0 Å². The monoisotopic (exact) mass is 371 g/mol. The van der Waals surface area contributed by atoms with Gasteiger partial charge in [0.2, 0.25) is 0 Å². The quantitative estimate of drug-likeness (QED) is 0.716. The molecule has 2 aliphatic carbocycles. The zero-order valence-corrected chi connectivity index (χ0v) is 16.1. The largest absolute Gasteiger partial charge is 0.372 e. The van der Waals surface area contributed by atoms with Gasteiger partial charge < -0.3 is 4.90 Å². The van der Waals surface area contributed by atoms with Crippen molar-refractivity contribution in [3.63, 3.8) is 0 Å². The van der Waals surface area contributed by atoms with Crippen molar-refractivity contribution in [3.8, 4) is 11.1 Å². The summed E-state index contributed by atoms with van der Waals surface area (Å²) >= 11 is 0. The zero-order valence-electron chi connectivity index (χ0n) is 16.1. The summed E-state index contributed by atoms with van der Waals surface area (Å²) in [5.74, 6) is -2.87. The molecule has 2 unspecified atom stereocenters. The number of anilines is 1. The first-order valence-corrected chi connectivity index (χ1v) is 10.2. The van der Waals surface area contributed by atoms with Crippen LogP contribution in [0.25, 0.3) is 11.1 Å². The molecule has 5 rings (SSSR count). The Morgan fingerprint density at radius 1 is 1.22 bits per heavy atom. The van der Waals surface area contributed by atoms with Crippen LogP contribution < -0.4 is 4.90 Å². The molecule has 0 saturated heterocycles. The van der Waals surface area contributed by atoms with Gasteiger partial charge in [-0.2, -0.15) is 5.10 Å². The lowest BCUT2D eigenvalue weighted by atomic mass is 9.86. The number of aromatic nitrogens is 2. The summed E-state index contributed by atoms with van der Waals surface area (Å²) in [6, 6.07) is 5.46. The highest BCUT2D eigenvalue weighted by Gasteiger charge is 2.56. The predicted octanol–water partition coefficient (Wildman–Crippen LogP) is 5.24. The lowest BCUT2D eigenvalue weighted by Crippen LogP contribution is -2.34. The van der Waals surface area contributed by atoms with Gasteiger partial charge in [-0.25, -0.2) is 8.78 Å². The van der Waals surface area contributed by atoms with Crippen LogP contribution in [-0.4, -0.2) is 28.8 Å². The van der Waals surface area contributed by atoms with Gasteiger partial charge in [-0.1, -0.05) is 6.07 Å². The molecule has 0 radical (unpaired) electrons. The molecule has 3 aliphatic rings. The van der Waals surface area contributed by atoms with Crippen LogP contribution in [0, 0.1) is 5.92 Å². The number of halogens is 2. The van der Waals surface area contributed by atoms with Crippen LogP contribution in [0.3, 0.4) is 0 Å². The van der Waals surface area contributed by atoms with E-state index in [1.165, 1.54) is 35.2 Å². The molecule has 1 aromatic heterocycles. The summed E-state index contributed by atoms with van der Waals surface area (Å²) in [6.45, 7) is 2.25. The van der Waals surface area contributed by atoms with Crippen molar-refractivity contribution in [1.29, 1.82) is 0 Å². The summed E-state index contributed by atoms with van der Waals surface area (Å²) in [5, 5.41) is 4.55. The normalized spacial score (nSPS) is 26.1. The first-order valence-electron chi connectivity index (χ1n) is 10.2. The van der Waals surface area contributed by atoms with E-state index in [9.17, 15) is 8.78 Å². The van der Waals surface area contributed by atoms with Gasteiger partial charge in [0.15, 0.2) is 0 Å². The molecule has 3 nitrogen and oxygen atoms in total. The van der Waals surface area contributed by atoms with E-state index >= 15 is 0 Å². The molecule has 1 aromatic carbocycles. The fourth-order valence-electron chi connectivity index (χ4n) is 4.55. The van der Waals surface area contributed by atoms with Gasteiger partial charge in [0.05, 0.1) is 12.2 Å². The van der Waals surface area contributed by atoms with Gasteiger partial charge in [-0.3, -0.25) is 4.68 Å². The maximum Gasteiger partial charge on any atom is 0.251 e. The Bertz CT molecular complexity index is 868. The van der Waals surface area contributed by atoms with E-state index in [4.69, 9.17) is 0 Å².